The van der Waals surface area contributed by atoms with Gasteiger partial charge in [-0.1, -0.05) is 48.0 Å². The van der Waals surface area contributed by atoms with Crippen LogP contribution in [0.4, 0.5) is 0 Å². The highest BCUT2D eigenvalue weighted by atomic mass is 16.3. The second-order valence-corrected chi connectivity index (χ2v) is 4.57. The third kappa shape index (κ3) is 3.85. The Morgan fingerprint density at radius 3 is 2.68 bits per heavy atom. The number of nitrogens with one attached hydrogen (secondary N) is 1. The molecule has 0 aliphatic heterocycles. The summed E-state index contributed by atoms with van der Waals surface area (Å²) in [5, 5.41) is 12.4. The van der Waals surface area contributed by atoms with Gasteiger partial charge in [0.05, 0.1) is 6.42 Å². The van der Waals surface area contributed by atoms with E-state index in [9.17, 15) is 9.90 Å². The molecule has 0 atom stereocenters. The SMILES string of the molecule is Cc1cccc(CC(=O)NCc2ccccc2O)c1. The van der Waals surface area contributed by atoms with Gasteiger partial charge in [-0.25, -0.2) is 0 Å². The predicted octanol–water partition coefficient (Wildman–Crippen LogP) is 2.56. The normalized spacial score (nSPS) is 10.2. The molecule has 0 saturated heterocycles. The van der Waals surface area contributed by atoms with Crippen LogP contribution in [0, 0.1) is 6.92 Å². The van der Waals surface area contributed by atoms with Gasteiger partial charge in [-0.05, 0) is 18.6 Å². The van der Waals surface area contributed by atoms with Crippen LogP contribution in [0.5, 0.6) is 5.75 Å². The smallest absolute Gasteiger partial charge is 0.224 e. The Balaban J connectivity index is 1.90. The minimum atomic E-state index is -0.0474. The van der Waals surface area contributed by atoms with E-state index < -0.39 is 0 Å². The van der Waals surface area contributed by atoms with E-state index in [4.69, 9.17) is 0 Å². The molecule has 2 aromatic rings. The molecule has 0 heterocycles. The van der Waals surface area contributed by atoms with Crippen molar-refractivity contribution >= 4 is 5.91 Å². The number of aromatic hydroxyl groups is 1. The van der Waals surface area contributed by atoms with Crippen molar-refractivity contribution < 1.29 is 9.90 Å². The van der Waals surface area contributed by atoms with Crippen molar-refractivity contribution in [2.24, 2.45) is 0 Å². The van der Waals surface area contributed by atoms with Gasteiger partial charge in [-0.15, -0.1) is 0 Å². The molecule has 19 heavy (non-hydrogen) atoms. The van der Waals surface area contributed by atoms with Crippen LogP contribution < -0.4 is 5.32 Å². The van der Waals surface area contributed by atoms with E-state index in [0.29, 0.717) is 13.0 Å². The van der Waals surface area contributed by atoms with Gasteiger partial charge < -0.3 is 10.4 Å². The number of rotatable bonds is 4. The highest BCUT2D eigenvalue weighted by molar-refractivity contribution is 5.78. The molecule has 0 radical (unpaired) electrons. The van der Waals surface area contributed by atoms with Crippen molar-refractivity contribution in [2.45, 2.75) is 19.9 Å². The van der Waals surface area contributed by atoms with Crippen LogP contribution in [-0.4, -0.2) is 11.0 Å². The van der Waals surface area contributed by atoms with Gasteiger partial charge in [0.1, 0.15) is 5.75 Å². The largest absolute Gasteiger partial charge is 0.508 e. The zero-order chi connectivity index (χ0) is 13.7. The molecule has 3 heteroatoms. The number of para-hydroxylation sites is 1. The van der Waals surface area contributed by atoms with Gasteiger partial charge >= 0.3 is 0 Å². The van der Waals surface area contributed by atoms with E-state index in [1.165, 1.54) is 0 Å². The van der Waals surface area contributed by atoms with Gasteiger partial charge in [-0.2, -0.15) is 0 Å². The van der Waals surface area contributed by atoms with Gasteiger partial charge in [0.2, 0.25) is 5.91 Å². The van der Waals surface area contributed by atoms with E-state index in [-0.39, 0.29) is 11.7 Å². The molecule has 0 saturated carbocycles. The first-order valence-electron chi connectivity index (χ1n) is 6.24. The van der Waals surface area contributed by atoms with Gasteiger partial charge in [0, 0.05) is 12.1 Å². The maximum atomic E-state index is 11.8. The van der Waals surface area contributed by atoms with Crippen LogP contribution in [0.2, 0.25) is 0 Å². The lowest BCUT2D eigenvalue weighted by atomic mass is 10.1. The molecular weight excluding hydrogens is 238 g/mol. The van der Waals surface area contributed by atoms with Crippen LogP contribution in [0.25, 0.3) is 0 Å². The van der Waals surface area contributed by atoms with E-state index >= 15 is 0 Å². The minimum absolute atomic E-state index is 0.0474. The van der Waals surface area contributed by atoms with Crippen molar-refractivity contribution in [1.29, 1.82) is 0 Å². The zero-order valence-electron chi connectivity index (χ0n) is 10.9. The molecule has 2 rings (SSSR count). The number of benzene rings is 2. The number of phenolic OH excluding ortho intramolecular Hbond substituents is 1. The fourth-order valence-corrected chi connectivity index (χ4v) is 1.92. The molecule has 2 aromatic carbocycles. The monoisotopic (exact) mass is 255 g/mol. The summed E-state index contributed by atoms with van der Waals surface area (Å²) in [5.41, 5.74) is 2.86. The summed E-state index contributed by atoms with van der Waals surface area (Å²) in [6.45, 7) is 2.35. The Bertz CT molecular complexity index is 578. The van der Waals surface area contributed by atoms with E-state index in [1.54, 1.807) is 18.2 Å². The number of hydrogen-bond acceptors (Lipinski definition) is 2. The lowest BCUT2D eigenvalue weighted by Crippen LogP contribution is -2.24. The summed E-state index contributed by atoms with van der Waals surface area (Å²) in [6.07, 6.45) is 0.356. The topological polar surface area (TPSA) is 49.3 Å². The molecule has 0 unspecified atom stereocenters. The Morgan fingerprint density at radius 1 is 1.16 bits per heavy atom. The summed E-state index contributed by atoms with van der Waals surface area (Å²) in [4.78, 5) is 11.8. The number of aryl methyl sites for hydroxylation is 1. The maximum Gasteiger partial charge on any atom is 0.224 e. The van der Waals surface area contributed by atoms with Crippen molar-refractivity contribution in [1.82, 2.24) is 5.32 Å². The third-order valence-electron chi connectivity index (χ3n) is 2.91. The molecule has 0 spiro atoms. The quantitative estimate of drug-likeness (QED) is 0.882. The van der Waals surface area contributed by atoms with Gasteiger partial charge in [-0.3, -0.25) is 4.79 Å². The van der Waals surface area contributed by atoms with Crippen LogP contribution in [0.1, 0.15) is 16.7 Å². The lowest BCUT2D eigenvalue weighted by molar-refractivity contribution is -0.120. The van der Waals surface area contributed by atoms with E-state index in [2.05, 4.69) is 5.32 Å². The molecule has 0 aliphatic rings. The summed E-state index contributed by atoms with van der Waals surface area (Å²) in [7, 11) is 0. The maximum absolute atomic E-state index is 11.8. The fourth-order valence-electron chi connectivity index (χ4n) is 1.92. The Labute approximate surface area is 112 Å². The third-order valence-corrected chi connectivity index (χ3v) is 2.91. The van der Waals surface area contributed by atoms with Crippen molar-refractivity contribution in [3.05, 3.63) is 65.2 Å². The molecule has 3 nitrogen and oxygen atoms in total. The highest BCUT2D eigenvalue weighted by Crippen LogP contribution is 2.14. The molecule has 2 N–H and O–H groups in total. The molecule has 0 aromatic heterocycles. The van der Waals surface area contributed by atoms with Crippen molar-refractivity contribution in [2.75, 3.05) is 0 Å². The van der Waals surface area contributed by atoms with Crippen LogP contribution >= 0.6 is 0 Å². The first-order valence-corrected chi connectivity index (χ1v) is 6.24. The summed E-state index contributed by atoms with van der Waals surface area (Å²) in [5.74, 6) is 0.159. The minimum Gasteiger partial charge on any atom is -0.508 e. The van der Waals surface area contributed by atoms with Gasteiger partial charge in [0.15, 0.2) is 0 Å². The van der Waals surface area contributed by atoms with Crippen molar-refractivity contribution in [3.8, 4) is 5.75 Å². The number of amides is 1. The summed E-state index contributed by atoms with van der Waals surface area (Å²) < 4.78 is 0. The summed E-state index contributed by atoms with van der Waals surface area (Å²) >= 11 is 0. The average molecular weight is 255 g/mol. The second-order valence-electron chi connectivity index (χ2n) is 4.57. The number of hydrogen-bond donors (Lipinski definition) is 2. The number of carbonyl (C=O) groups excluding carboxylic acids is 1. The molecule has 98 valence electrons. The van der Waals surface area contributed by atoms with Crippen molar-refractivity contribution in [3.63, 3.8) is 0 Å². The second kappa shape index (κ2) is 6.05. The first kappa shape index (κ1) is 13.1. The van der Waals surface area contributed by atoms with Crippen LogP contribution in [-0.2, 0) is 17.8 Å². The predicted molar refractivity (Wildman–Crippen MR) is 74.8 cm³/mol. The highest BCUT2D eigenvalue weighted by Gasteiger charge is 2.05. The molecule has 1 amide bonds. The lowest BCUT2D eigenvalue weighted by Gasteiger charge is -2.07. The fraction of sp³-hybridized carbons (Fsp3) is 0.188. The Kier molecular flexibility index (Phi) is 4.18. The Morgan fingerprint density at radius 2 is 1.95 bits per heavy atom. The number of carbonyl (C=O) groups is 1. The average Bonchev–Trinajstić information content (AvgIpc) is 2.38. The number of phenols is 1. The molecule has 0 aliphatic carbocycles. The first-order chi connectivity index (χ1) is 9.15. The van der Waals surface area contributed by atoms with Gasteiger partial charge in [0.25, 0.3) is 0 Å². The molecular formula is C16H17NO2. The van der Waals surface area contributed by atoms with E-state index in [0.717, 1.165) is 16.7 Å². The van der Waals surface area contributed by atoms with Crippen LogP contribution in [0.15, 0.2) is 48.5 Å². The summed E-state index contributed by atoms with van der Waals surface area (Å²) in [6, 6.07) is 14.9. The Hall–Kier alpha value is -2.29. The van der Waals surface area contributed by atoms with E-state index in [1.807, 2.05) is 37.3 Å². The zero-order valence-corrected chi connectivity index (χ0v) is 10.9. The molecule has 0 bridgehead atoms. The van der Waals surface area contributed by atoms with Crippen LogP contribution in [0.3, 0.4) is 0 Å². The standard InChI is InChI=1S/C16H17NO2/c1-12-5-4-6-13(9-12)10-16(19)17-11-14-7-2-3-8-15(14)18/h2-9,18H,10-11H2,1H3,(H,17,19). The molecule has 0 fully saturated rings.